The van der Waals surface area contributed by atoms with Crippen LogP contribution in [0.3, 0.4) is 0 Å². The number of nitrogens with one attached hydrogen (secondary N) is 2. The Kier molecular flexibility index (Phi) is 8.57. The smallest absolute Gasteiger partial charge is 0.191 e. The molecule has 0 saturated heterocycles. The average Bonchev–Trinajstić information content (AvgIpc) is 3.01. The number of hydrogen-bond acceptors (Lipinski definition) is 2. The Balaban J connectivity index is 0.00000242. The number of aryl methyl sites for hydroxylation is 2. The molecular formula is C16H24IN5. The van der Waals surface area contributed by atoms with Crippen LogP contribution in [0.5, 0.6) is 0 Å². The van der Waals surface area contributed by atoms with Crippen molar-refractivity contribution in [3.8, 4) is 0 Å². The number of aromatic nitrogens is 2. The van der Waals surface area contributed by atoms with Crippen molar-refractivity contribution in [1.82, 2.24) is 20.2 Å². The molecule has 5 nitrogen and oxygen atoms in total. The average molecular weight is 413 g/mol. The van der Waals surface area contributed by atoms with Crippen LogP contribution >= 0.6 is 24.0 Å². The Morgan fingerprint density at radius 3 is 2.64 bits per heavy atom. The van der Waals surface area contributed by atoms with Crippen molar-refractivity contribution in [2.24, 2.45) is 4.99 Å². The molecule has 1 heterocycles. The second-order valence-electron chi connectivity index (χ2n) is 4.99. The number of rotatable bonds is 6. The van der Waals surface area contributed by atoms with Crippen LogP contribution in [0.25, 0.3) is 0 Å². The topological polar surface area (TPSA) is 54.2 Å². The van der Waals surface area contributed by atoms with Crippen molar-refractivity contribution in [2.75, 3.05) is 13.6 Å². The number of nitrogens with zero attached hydrogens (tertiary/aromatic N) is 3. The molecule has 0 fully saturated rings. The summed E-state index contributed by atoms with van der Waals surface area (Å²) in [5.41, 5.74) is 2.53. The molecule has 120 valence electrons. The number of benzene rings is 1. The minimum Gasteiger partial charge on any atom is -0.356 e. The molecule has 0 amide bonds. The Labute approximate surface area is 149 Å². The fourth-order valence-corrected chi connectivity index (χ4v) is 2.00. The second-order valence-corrected chi connectivity index (χ2v) is 4.99. The summed E-state index contributed by atoms with van der Waals surface area (Å²) < 4.78 is 2.07. The van der Waals surface area contributed by atoms with Crippen molar-refractivity contribution in [3.05, 3.63) is 54.1 Å². The van der Waals surface area contributed by atoms with Gasteiger partial charge in [0.25, 0.3) is 0 Å². The first-order valence-electron chi connectivity index (χ1n) is 7.24. The Morgan fingerprint density at radius 2 is 2.00 bits per heavy atom. The third-order valence-corrected chi connectivity index (χ3v) is 3.25. The maximum absolute atomic E-state index is 4.23. The van der Waals surface area contributed by atoms with Crippen LogP contribution in [0.15, 0.2) is 48.0 Å². The van der Waals surface area contributed by atoms with E-state index >= 15 is 0 Å². The van der Waals surface area contributed by atoms with Gasteiger partial charge in [-0.2, -0.15) is 0 Å². The van der Waals surface area contributed by atoms with Gasteiger partial charge in [0.15, 0.2) is 5.96 Å². The molecule has 0 aliphatic rings. The van der Waals surface area contributed by atoms with E-state index in [4.69, 9.17) is 0 Å². The molecule has 0 unspecified atom stereocenters. The highest BCUT2D eigenvalue weighted by Gasteiger charge is 1.98. The minimum absolute atomic E-state index is 0. The van der Waals surface area contributed by atoms with Crippen LogP contribution in [-0.2, 0) is 13.1 Å². The molecule has 0 bridgehead atoms. The monoisotopic (exact) mass is 413 g/mol. The van der Waals surface area contributed by atoms with E-state index in [0.717, 1.165) is 32.0 Å². The summed E-state index contributed by atoms with van der Waals surface area (Å²) in [5, 5.41) is 6.64. The first-order chi connectivity index (χ1) is 10.3. The highest BCUT2D eigenvalue weighted by atomic mass is 127. The van der Waals surface area contributed by atoms with Crippen LogP contribution in [0.4, 0.5) is 0 Å². The third kappa shape index (κ3) is 6.46. The van der Waals surface area contributed by atoms with E-state index in [1.807, 2.05) is 12.5 Å². The number of guanidine groups is 1. The van der Waals surface area contributed by atoms with Gasteiger partial charge in [0.05, 0.1) is 6.33 Å². The largest absolute Gasteiger partial charge is 0.356 e. The number of aliphatic imine (C=N–C) groups is 1. The molecule has 1 aromatic carbocycles. The van der Waals surface area contributed by atoms with Gasteiger partial charge in [0.2, 0.25) is 0 Å². The zero-order valence-corrected chi connectivity index (χ0v) is 15.5. The lowest BCUT2D eigenvalue weighted by Gasteiger charge is -2.12. The first kappa shape index (κ1) is 18.5. The lowest BCUT2D eigenvalue weighted by molar-refractivity contribution is 0.624. The predicted molar refractivity (Wildman–Crippen MR) is 102 cm³/mol. The van der Waals surface area contributed by atoms with Gasteiger partial charge in [-0.25, -0.2) is 4.98 Å². The molecule has 6 heteroatoms. The lowest BCUT2D eigenvalue weighted by Crippen LogP contribution is -2.37. The Bertz CT molecular complexity index is 548. The van der Waals surface area contributed by atoms with Crippen molar-refractivity contribution in [2.45, 2.75) is 26.4 Å². The zero-order valence-electron chi connectivity index (χ0n) is 13.1. The van der Waals surface area contributed by atoms with Crippen LogP contribution in [0.1, 0.15) is 17.5 Å². The summed E-state index contributed by atoms with van der Waals surface area (Å²) in [5.74, 6) is 0.834. The molecule has 0 aliphatic carbocycles. The molecule has 0 aliphatic heterocycles. The SMILES string of the molecule is CN=C(NCCCn1ccnc1)NCc1ccc(C)cc1.I. The van der Waals surface area contributed by atoms with Crippen LogP contribution in [-0.4, -0.2) is 29.1 Å². The van der Waals surface area contributed by atoms with E-state index in [2.05, 4.69) is 56.4 Å². The van der Waals surface area contributed by atoms with Gasteiger partial charge in [-0.1, -0.05) is 29.8 Å². The molecular weight excluding hydrogens is 389 g/mol. The predicted octanol–water partition coefficient (Wildman–Crippen LogP) is 2.56. The van der Waals surface area contributed by atoms with Gasteiger partial charge in [-0.05, 0) is 18.9 Å². The molecule has 0 saturated carbocycles. The van der Waals surface area contributed by atoms with E-state index < -0.39 is 0 Å². The summed E-state index contributed by atoms with van der Waals surface area (Å²) in [4.78, 5) is 8.26. The highest BCUT2D eigenvalue weighted by Crippen LogP contribution is 2.02. The maximum atomic E-state index is 4.23. The summed E-state index contributed by atoms with van der Waals surface area (Å²) in [7, 11) is 1.79. The summed E-state index contributed by atoms with van der Waals surface area (Å²) in [6, 6.07) is 8.51. The Hall–Kier alpha value is -1.57. The highest BCUT2D eigenvalue weighted by molar-refractivity contribution is 14.0. The van der Waals surface area contributed by atoms with Gasteiger partial charge in [0, 0.05) is 39.1 Å². The second kappa shape index (κ2) is 10.2. The third-order valence-electron chi connectivity index (χ3n) is 3.25. The fraction of sp³-hybridized carbons (Fsp3) is 0.375. The summed E-state index contributed by atoms with van der Waals surface area (Å²) in [6.07, 6.45) is 6.64. The fourth-order valence-electron chi connectivity index (χ4n) is 2.00. The van der Waals surface area contributed by atoms with E-state index in [0.29, 0.717) is 0 Å². The van der Waals surface area contributed by atoms with Gasteiger partial charge in [-0.3, -0.25) is 4.99 Å². The van der Waals surface area contributed by atoms with Crippen LogP contribution in [0.2, 0.25) is 0 Å². The van der Waals surface area contributed by atoms with Crippen LogP contribution in [0, 0.1) is 6.92 Å². The van der Waals surface area contributed by atoms with E-state index in [9.17, 15) is 0 Å². The van der Waals surface area contributed by atoms with Gasteiger partial charge < -0.3 is 15.2 Å². The van der Waals surface area contributed by atoms with Gasteiger partial charge in [0.1, 0.15) is 0 Å². The maximum Gasteiger partial charge on any atom is 0.191 e. The number of imidazole rings is 1. The molecule has 0 radical (unpaired) electrons. The molecule has 22 heavy (non-hydrogen) atoms. The molecule has 2 aromatic rings. The Morgan fingerprint density at radius 1 is 1.23 bits per heavy atom. The quantitative estimate of drug-likeness (QED) is 0.331. The van der Waals surface area contributed by atoms with Crippen molar-refractivity contribution in [3.63, 3.8) is 0 Å². The van der Waals surface area contributed by atoms with E-state index in [1.165, 1.54) is 11.1 Å². The first-order valence-corrected chi connectivity index (χ1v) is 7.24. The molecule has 2 rings (SSSR count). The summed E-state index contributed by atoms with van der Waals surface area (Å²) in [6.45, 7) is 4.72. The number of halogens is 1. The summed E-state index contributed by atoms with van der Waals surface area (Å²) >= 11 is 0. The minimum atomic E-state index is 0. The van der Waals surface area contributed by atoms with Crippen molar-refractivity contribution < 1.29 is 0 Å². The van der Waals surface area contributed by atoms with Gasteiger partial charge in [-0.15, -0.1) is 24.0 Å². The zero-order chi connectivity index (χ0) is 14.9. The standard InChI is InChI=1S/C16H23N5.HI/c1-14-4-6-15(7-5-14)12-20-16(17-2)19-8-3-10-21-11-9-18-13-21;/h4-7,9,11,13H,3,8,10,12H2,1-2H3,(H2,17,19,20);1H. The van der Waals surface area contributed by atoms with Gasteiger partial charge >= 0.3 is 0 Å². The van der Waals surface area contributed by atoms with E-state index in [1.54, 1.807) is 13.2 Å². The van der Waals surface area contributed by atoms with E-state index in [-0.39, 0.29) is 24.0 Å². The normalized spacial score (nSPS) is 10.9. The lowest BCUT2D eigenvalue weighted by atomic mass is 10.1. The number of hydrogen-bond donors (Lipinski definition) is 2. The molecule has 2 N–H and O–H groups in total. The molecule has 0 spiro atoms. The molecule has 1 aromatic heterocycles. The van der Waals surface area contributed by atoms with Crippen LogP contribution < -0.4 is 10.6 Å². The molecule has 0 atom stereocenters. The van der Waals surface area contributed by atoms with Crippen molar-refractivity contribution >= 4 is 29.9 Å². The van der Waals surface area contributed by atoms with Crippen molar-refractivity contribution in [1.29, 1.82) is 0 Å².